The third-order valence-electron chi connectivity index (χ3n) is 3.53. The Morgan fingerprint density at radius 1 is 1.41 bits per heavy atom. The van der Waals surface area contributed by atoms with Gasteiger partial charge in [0, 0.05) is 13.1 Å². The number of likely N-dealkylation sites (tertiary alicyclic amines) is 1. The standard InChI is InChI=1S/C12H19NO4/c1-11(2,3)17-10(16)13-5-4-8-6-12(8,7-13)9(14)15/h8H,4-7H2,1-3H3,(H,14,15)/t8-,12-/m1/s1. The van der Waals surface area contributed by atoms with E-state index >= 15 is 0 Å². The Hall–Kier alpha value is -1.26. The first-order valence-corrected chi connectivity index (χ1v) is 5.96. The van der Waals surface area contributed by atoms with Crippen LogP contribution in [0.2, 0.25) is 0 Å². The highest BCUT2D eigenvalue weighted by atomic mass is 16.6. The lowest BCUT2D eigenvalue weighted by molar-refractivity contribution is -0.145. The van der Waals surface area contributed by atoms with E-state index in [0.717, 1.165) is 6.42 Å². The predicted octanol–water partition coefficient (Wildman–Crippen LogP) is 1.72. The zero-order chi connectivity index (χ0) is 12.8. The number of hydrogen-bond donors (Lipinski definition) is 1. The van der Waals surface area contributed by atoms with Gasteiger partial charge in [0.15, 0.2) is 0 Å². The molecule has 2 rings (SSSR count). The molecule has 1 N–H and O–H groups in total. The zero-order valence-electron chi connectivity index (χ0n) is 10.5. The van der Waals surface area contributed by atoms with Crippen LogP contribution in [-0.4, -0.2) is 40.8 Å². The largest absolute Gasteiger partial charge is 0.481 e. The summed E-state index contributed by atoms with van der Waals surface area (Å²) < 4.78 is 5.26. The maximum absolute atomic E-state index is 11.9. The van der Waals surface area contributed by atoms with E-state index in [2.05, 4.69) is 0 Å². The fourth-order valence-corrected chi connectivity index (χ4v) is 2.50. The number of piperidine rings is 1. The maximum Gasteiger partial charge on any atom is 0.410 e. The van der Waals surface area contributed by atoms with Crippen LogP contribution in [0.1, 0.15) is 33.6 Å². The Labute approximate surface area is 101 Å². The minimum atomic E-state index is -0.782. The van der Waals surface area contributed by atoms with Gasteiger partial charge < -0.3 is 14.7 Å². The molecule has 0 unspecified atom stereocenters. The lowest BCUT2D eigenvalue weighted by Gasteiger charge is -2.32. The van der Waals surface area contributed by atoms with Crippen LogP contribution in [0.25, 0.3) is 0 Å². The molecule has 1 saturated carbocycles. The lowest BCUT2D eigenvalue weighted by Crippen LogP contribution is -2.45. The maximum atomic E-state index is 11.9. The summed E-state index contributed by atoms with van der Waals surface area (Å²) >= 11 is 0. The summed E-state index contributed by atoms with van der Waals surface area (Å²) in [4.78, 5) is 24.6. The van der Waals surface area contributed by atoms with E-state index < -0.39 is 23.1 Å². The molecule has 1 aliphatic carbocycles. The van der Waals surface area contributed by atoms with Crippen molar-refractivity contribution in [3.8, 4) is 0 Å². The molecule has 5 heteroatoms. The molecule has 0 spiro atoms. The molecule has 2 atom stereocenters. The highest BCUT2D eigenvalue weighted by molar-refractivity contribution is 5.80. The first-order chi connectivity index (χ1) is 7.74. The van der Waals surface area contributed by atoms with E-state index in [-0.39, 0.29) is 5.92 Å². The van der Waals surface area contributed by atoms with Crippen LogP contribution >= 0.6 is 0 Å². The van der Waals surface area contributed by atoms with E-state index in [1.165, 1.54) is 4.90 Å². The van der Waals surface area contributed by atoms with Gasteiger partial charge in [0.2, 0.25) is 0 Å². The number of rotatable bonds is 1. The minimum absolute atomic E-state index is 0.249. The number of carboxylic acid groups (broad SMARTS) is 1. The van der Waals surface area contributed by atoms with Gasteiger partial charge in [-0.3, -0.25) is 4.79 Å². The van der Waals surface area contributed by atoms with Gasteiger partial charge in [0.1, 0.15) is 5.60 Å². The first-order valence-electron chi connectivity index (χ1n) is 5.96. The lowest BCUT2D eigenvalue weighted by atomic mass is 9.98. The molecule has 1 heterocycles. The fourth-order valence-electron chi connectivity index (χ4n) is 2.50. The Morgan fingerprint density at radius 3 is 2.59 bits per heavy atom. The van der Waals surface area contributed by atoms with E-state index in [0.29, 0.717) is 19.5 Å². The number of aliphatic carboxylic acids is 1. The van der Waals surface area contributed by atoms with Gasteiger partial charge in [-0.05, 0) is 39.5 Å². The Morgan fingerprint density at radius 2 is 2.06 bits per heavy atom. The second-order valence-electron chi connectivity index (χ2n) is 6.05. The summed E-state index contributed by atoms with van der Waals surface area (Å²) in [6.07, 6.45) is 1.07. The summed E-state index contributed by atoms with van der Waals surface area (Å²) in [6, 6.07) is 0. The van der Waals surface area contributed by atoms with Gasteiger partial charge in [0.05, 0.1) is 5.41 Å². The molecule has 0 aromatic rings. The van der Waals surface area contributed by atoms with Crippen molar-refractivity contribution in [3.05, 3.63) is 0 Å². The smallest absolute Gasteiger partial charge is 0.410 e. The normalized spacial score (nSPS) is 31.7. The fraction of sp³-hybridized carbons (Fsp3) is 0.833. The SMILES string of the molecule is CC(C)(C)OC(=O)N1CC[C@@H]2C[C@@]2(C(=O)O)C1. The van der Waals surface area contributed by atoms with Crippen molar-refractivity contribution in [1.29, 1.82) is 0 Å². The highest BCUT2D eigenvalue weighted by Gasteiger charge is 2.63. The monoisotopic (exact) mass is 241 g/mol. The molecule has 0 aromatic heterocycles. The number of fused-ring (bicyclic) bond motifs is 1. The molecule has 2 aliphatic rings. The molecular weight excluding hydrogens is 222 g/mol. The Kier molecular flexibility index (Phi) is 2.60. The number of ether oxygens (including phenoxy) is 1. The van der Waals surface area contributed by atoms with E-state index in [1.807, 2.05) is 20.8 Å². The molecule has 0 bridgehead atoms. The second kappa shape index (κ2) is 3.62. The number of carbonyl (C=O) groups excluding carboxylic acids is 1. The van der Waals surface area contributed by atoms with Crippen LogP contribution in [-0.2, 0) is 9.53 Å². The Balaban J connectivity index is 2.00. The zero-order valence-corrected chi connectivity index (χ0v) is 10.5. The topological polar surface area (TPSA) is 66.8 Å². The summed E-state index contributed by atoms with van der Waals surface area (Å²) in [7, 11) is 0. The Bertz CT molecular complexity index is 360. The number of amides is 1. The molecule has 0 aromatic carbocycles. The van der Waals surface area contributed by atoms with Crippen molar-refractivity contribution in [2.24, 2.45) is 11.3 Å². The average molecular weight is 241 g/mol. The van der Waals surface area contributed by atoms with Crippen molar-refractivity contribution in [1.82, 2.24) is 4.90 Å². The predicted molar refractivity (Wildman–Crippen MR) is 60.6 cm³/mol. The van der Waals surface area contributed by atoms with Crippen molar-refractivity contribution in [2.75, 3.05) is 13.1 Å². The van der Waals surface area contributed by atoms with Crippen LogP contribution < -0.4 is 0 Å². The van der Waals surface area contributed by atoms with Crippen molar-refractivity contribution in [3.63, 3.8) is 0 Å². The van der Waals surface area contributed by atoms with Gasteiger partial charge in [-0.15, -0.1) is 0 Å². The van der Waals surface area contributed by atoms with E-state index in [1.54, 1.807) is 0 Å². The summed E-state index contributed by atoms with van der Waals surface area (Å²) in [5.41, 5.74) is -1.22. The molecule has 96 valence electrons. The molecule has 17 heavy (non-hydrogen) atoms. The van der Waals surface area contributed by atoms with Crippen molar-refractivity contribution >= 4 is 12.1 Å². The first kappa shape index (κ1) is 12.2. The number of hydrogen-bond acceptors (Lipinski definition) is 3. The third kappa shape index (κ3) is 2.23. The summed E-state index contributed by atoms with van der Waals surface area (Å²) in [5.74, 6) is -0.533. The summed E-state index contributed by atoms with van der Waals surface area (Å²) in [5, 5.41) is 9.19. The quantitative estimate of drug-likeness (QED) is 0.759. The van der Waals surface area contributed by atoms with Gasteiger partial charge >= 0.3 is 12.1 Å². The van der Waals surface area contributed by atoms with Gasteiger partial charge in [-0.2, -0.15) is 0 Å². The highest BCUT2D eigenvalue weighted by Crippen LogP contribution is 2.57. The second-order valence-corrected chi connectivity index (χ2v) is 6.05. The van der Waals surface area contributed by atoms with E-state index in [9.17, 15) is 14.7 Å². The van der Waals surface area contributed by atoms with Crippen molar-refractivity contribution in [2.45, 2.75) is 39.2 Å². The summed E-state index contributed by atoms with van der Waals surface area (Å²) in [6.45, 7) is 6.32. The van der Waals surface area contributed by atoms with Crippen molar-refractivity contribution < 1.29 is 19.4 Å². The average Bonchev–Trinajstić information content (AvgIpc) is 2.88. The minimum Gasteiger partial charge on any atom is -0.481 e. The molecular formula is C12H19NO4. The van der Waals surface area contributed by atoms with E-state index in [4.69, 9.17) is 4.74 Å². The van der Waals surface area contributed by atoms with Gasteiger partial charge in [-0.25, -0.2) is 4.79 Å². The van der Waals surface area contributed by atoms with Gasteiger partial charge in [0.25, 0.3) is 0 Å². The molecule has 1 aliphatic heterocycles. The number of nitrogens with zero attached hydrogens (tertiary/aromatic N) is 1. The molecule has 2 fully saturated rings. The molecule has 0 radical (unpaired) electrons. The van der Waals surface area contributed by atoms with Crippen LogP contribution in [0.5, 0.6) is 0 Å². The molecule has 5 nitrogen and oxygen atoms in total. The number of carbonyl (C=O) groups is 2. The third-order valence-corrected chi connectivity index (χ3v) is 3.53. The molecule has 1 amide bonds. The molecule has 1 saturated heterocycles. The number of carboxylic acids is 1. The van der Waals surface area contributed by atoms with Crippen LogP contribution in [0.4, 0.5) is 4.79 Å². The van der Waals surface area contributed by atoms with Gasteiger partial charge in [-0.1, -0.05) is 0 Å². The van der Waals surface area contributed by atoms with Crippen LogP contribution in [0.3, 0.4) is 0 Å². The van der Waals surface area contributed by atoms with Crippen LogP contribution in [0.15, 0.2) is 0 Å². The van der Waals surface area contributed by atoms with Crippen LogP contribution in [0, 0.1) is 11.3 Å².